The van der Waals surface area contributed by atoms with E-state index in [-0.39, 0.29) is 22.5 Å². The number of piperidine rings is 1. The van der Waals surface area contributed by atoms with E-state index >= 15 is 0 Å². The maximum Gasteiger partial charge on any atom is 0.229 e. The summed E-state index contributed by atoms with van der Waals surface area (Å²) in [6.45, 7) is 6.40. The molecule has 0 aliphatic carbocycles. The van der Waals surface area contributed by atoms with Gasteiger partial charge >= 0.3 is 0 Å². The largest absolute Gasteiger partial charge is 0.494 e. The van der Waals surface area contributed by atoms with Crippen molar-refractivity contribution in [3.8, 4) is 5.75 Å². The van der Waals surface area contributed by atoms with Crippen molar-refractivity contribution in [3.05, 3.63) is 51.6 Å². The van der Waals surface area contributed by atoms with Gasteiger partial charge in [0.15, 0.2) is 5.82 Å². The van der Waals surface area contributed by atoms with E-state index in [9.17, 15) is 8.42 Å². The predicted octanol–water partition coefficient (Wildman–Crippen LogP) is 5.91. The molecule has 2 aliphatic heterocycles. The quantitative estimate of drug-likeness (QED) is 0.252. The van der Waals surface area contributed by atoms with E-state index in [4.69, 9.17) is 39.5 Å². The van der Waals surface area contributed by atoms with Crippen molar-refractivity contribution in [2.24, 2.45) is 0 Å². The first-order valence-electron chi connectivity index (χ1n) is 14.4. The molecule has 44 heavy (non-hydrogen) atoms. The van der Waals surface area contributed by atoms with E-state index in [1.54, 1.807) is 25.3 Å². The van der Waals surface area contributed by atoms with Crippen molar-refractivity contribution in [1.29, 1.82) is 0 Å². The van der Waals surface area contributed by atoms with Gasteiger partial charge < -0.3 is 25.2 Å². The van der Waals surface area contributed by atoms with Crippen LogP contribution in [-0.2, 0) is 10.0 Å². The molecule has 0 unspecified atom stereocenters. The molecule has 238 valence electrons. The van der Waals surface area contributed by atoms with E-state index in [1.165, 1.54) is 12.6 Å². The number of hydrogen-bond donors (Lipinski definition) is 3. The lowest BCUT2D eigenvalue weighted by molar-refractivity contribution is 0.174. The van der Waals surface area contributed by atoms with Crippen LogP contribution in [0.15, 0.2) is 36.5 Å². The van der Waals surface area contributed by atoms with Crippen LogP contribution in [0.25, 0.3) is 0 Å². The van der Waals surface area contributed by atoms with Gasteiger partial charge in [0, 0.05) is 43.3 Å². The molecule has 11 nitrogen and oxygen atoms in total. The number of hydrogen-bond acceptors (Lipinski definition) is 10. The normalized spacial score (nSPS) is 17.3. The topological polar surface area (TPSA) is 115 Å². The number of benzene rings is 2. The standard InChI is InChI=1S/C29H37Cl3N8O3S/c1-38-9-4-10-39(14-13-38)20-7-11-40(12-8-20)26-17-27(43-2)25(16-21(26)31)35-29-33-18-22(32)28(36-29)34-24-15-19(30)5-6-23(24)37-44(3,41)42/h5-6,15-18,20,37H,4,7-14H2,1-3H3,(H2,33,34,35,36). The summed E-state index contributed by atoms with van der Waals surface area (Å²) in [5.41, 5.74) is 2.16. The van der Waals surface area contributed by atoms with Gasteiger partial charge in [0.2, 0.25) is 16.0 Å². The first kappa shape index (κ1) is 32.6. The molecule has 15 heteroatoms. The molecule has 0 bridgehead atoms. The Morgan fingerprint density at radius 1 is 0.909 bits per heavy atom. The zero-order valence-electron chi connectivity index (χ0n) is 24.9. The van der Waals surface area contributed by atoms with E-state index < -0.39 is 10.0 Å². The molecule has 1 aromatic heterocycles. The van der Waals surface area contributed by atoms with Crippen molar-refractivity contribution < 1.29 is 13.2 Å². The molecule has 2 saturated heterocycles. The lowest BCUT2D eigenvalue weighted by Gasteiger charge is -2.39. The number of halogens is 3. The first-order chi connectivity index (χ1) is 21.0. The summed E-state index contributed by atoms with van der Waals surface area (Å²) in [4.78, 5) is 16.2. The van der Waals surface area contributed by atoms with Crippen LogP contribution in [0.5, 0.6) is 5.75 Å². The van der Waals surface area contributed by atoms with Crippen LogP contribution in [0.4, 0.5) is 34.5 Å². The Bertz CT molecular complexity index is 1590. The Morgan fingerprint density at radius 3 is 2.41 bits per heavy atom. The number of anilines is 6. The number of ether oxygens (including phenoxy) is 1. The van der Waals surface area contributed by atoms with Crippen molar-refractivity contribution in [2.45, 2.75) is 25.3 Å². The van der Waals surface area contributed by atoms with E-state index in [0.29, 0.717) is 33.2 Å². The second-order valence-corrected chi connectivity index (χ2v) is 14.1. The molecule has 0 atom stereocenters. The van der Waals surface area contributed by atoms with Crippen LogP contribution in [0.1, 0.15) is 19.3 Å². The Kier molecular flexibility index (Phi) is 10.5. The lowest BCUT2D eigenvalue weighted by atomic mass is 10.0. The molecule has 0 spiro atoms. The van der Waals surface area contributed by atoms with Crippen molar-refractivity contribution in [3.63, 3.8) is 0 Å². The van der Waals surface area contributed by atoms with Crippen LogP contribution in [0.2, 0.25) is 15.1 Å². The molecule has 3 N–H and O–H groups in total. The molecule has 0 radical (unpaired) electrons. The van der Waals surface area contributed by atoms with Crippen LogP contribution >= 0.6 is 34.8 Å². The molecule has 3 aromatic rings. The SMILES string of the molecule is COc1cc(N2CCC(N3CCCN(C)CC3)CC2)c(Cl)cc1Nc1ncc(Cl)c(Nc2cc(Cl)ccc2NS(C)(=O)=O)n1. The summed E-state index contributed by atoms with van der Waals surface area (Å²) in [5, 5.41) is 7.43. The number of rotatable bonds is 9. The van der Waals surface area contributed by atoms with Gasteiger partial charge in [-0.3, -0.25) is 9.62 Å². The highest BCUT2D eigenvalue weighted by molar-refractivity contribution is 7.92. The van der Waals surface area contributed by atoms with Crippen LogP contribution in [0.3, 0.4) is 0 Å². The minimum absolute atomic E-state index is 0.219. The summed E-state index contributed by atoms with van der Waals surface area (Å²) >= 11 is 19.4. The highest BCUT2D eigenvalue weighted by atomic mass is 35.5. The maximum absolute atomic E-state index is 11.9. The van der Waals surface area contributed by atoms with E-state index in [1.807, 2.05) is 12.1 Å². The second kappa shape index (κ2) is 14.1. The van der Waals surface area contributed by atoms with Gasteiger partial charge in [-0.25, -0.2) is 13.4 Å². The molecule has 2 aliphatic rings. The summed E-state index contributed by atoms with van der Waals surface area (Å²) < 4.78 is 31.9. The van der Waals surface area contributed by atoms with Gasteiger partial charge in [-0.15, -0.1) is 0 Å². The molecule has 2 fully saturated rings. The third-order valence-corrected chi connectivity index (χ3v) is 9.27. The smallest absolute Gasteiger partial charge is 0.229 e. The van der Waals surface area contributed by atoms with Crippen LogP contribution in [0, 0.1) is 0 Å². The van der Waals surface area contributed by atoms with Gasteiger partial charge in [-0.1, -0.05) is 34.8 Å². The highest BCUT2D eigenvalue weighted by Crippen LogP contribution is 2.39. The number of nitrogens with zero attached hydrogens (tertiary/aromatic N) is 5. The summed E-state index contributed by atoms with van der Waals surface area (Å²) in [6, 6.07) is 9.03. The number of nitrogens with one attached hydrogen (secondary N) is 3. The third kappa shape index (κ3) is 8.29. The van der Waals surface area contributed by atoms with Gasteiger partial charge in [0.1, 0.15) is 10.8 Å². The van der Waals surface area contributed by atoms with Crippen molar-refractivity contribution in [2.75, 3.05) is 79.9 Å². The Balaban J connectivity index is 1.31. The monoisotopic (exact) mass is 682 g/mol. The molecule has 3 heterocycles. The average Bonchev–Trinajstić information content (AvgIpc) is 3.20. The van der Waals surface area contributed by atoms with Crippen molar-refractivity contribution in [1.82, 2.24) is 19.8 Å². The molecular weight excluding hydrogens is 647 g/mol. The lowest BCUT2D eigenvalue weighted by Crippen LogP contribution is -2.46. The Hall–Kier alpha value is -2.74. The predicted molar refractivity (Wildman–Crippen MR) is 180 cm³/mol. The molecule has 0 saturated carbocycles. The second-order valence-electron chi connectivity index (χ2n) is 11.1. The van der Waals surface area contributed by atoms with Gasteiger partial charge in [-0.2, -0.15) is 4.98 Å². The maximum atomic E-state index is 11.9. The van der Waals surface area contributed by atoms with Crippen LogP contribution in [-0.4, -0.2) is 93.9 Å². The number of sulfonamides is 1. The number of aromatic nitrogens is 2. The fourth-order valence-corrected chi connectivity index (χ4v) is 6.80. The van der Waals surface area contributed by atoms with Gasteiger partial charge in [-0.05, 0) is 63.7 Å². The summed E-state index contributed by atoms with van der Waals surface area (Å²) in [5.74, 6) is 1.05. The minimum atomic E-state index is -3.54. The average molecular weight is 684 g/mol. The molecule has 0 amide bonds. The number of methoxy groups -OCH3 is 1. The Labute approximate surface area is 273 Å². The van der Waals surface area contributed by atoms with Gasteiger partial charge in [0.25, 0.3) is 0 Å². The molecule has 5 rings (SSSR count). The summed E-state index contributed by atoms with van der Waals surface area (Å²) in [7, 11) is 0.261. The van der Waals surface area contributed by atoms with E-state index in [2.05, 4.69) is 47.1 Å². The van der Waals surface area contributed by atoms with Gasteiger partial charge in [0.05, 0.1) is 47.3 Å². The summed E-state index contributed by atoms with van der Waals surface area (Å²) in [6.07, 6.45) is 5.88. The van der Waals surface area contributed by atoms with Crippen molar-refractivity contribution >= 4 is 79.3 Å². The zero-order valence-corrected chi connectivity index (χ0v) is 28.0. The van der Waals surface area contributed by atoms with Crippen LogP contribution < -0.4 is 25.0 Å². The molecular formula is C29H37Cl3N8O3S. The third-order valence-electron chi connectivity index (χ3n) is 7.87. The number of likely N-dealkylation sites (N-methyl/N-ethyl adjacent to an activating group) is 1. The van der Waals surface area contributed by atoms with E-state index in [0.717, 1.165) is 64.1 Å². The fraction of sp³-hybridized carbons (Fsp3) is 0.448. The highest BCUT2D eigenvalue weighted by Gasteiger charge is 2.27. The fourth-order valence-electron chi connectivity index (χ4n) is 5.63. The Morgan fingerprint density at radius 2 is 1.68 bits per heavy atom. The zero-order chi connectivity index (χ0) is 31.4. The molecule has 2 aromatic carbocycles. The first-order valence-corrected chi connectivity index (χ1v) is 17.4. The minimum Gasteiger partial charge on any atom is -0.494 e.